The average Bonchev–Trinajstić information content (AvgIpc) is 2.18. The molecule has 0 saturated carbocycles. The van der Waals surface area contributed by atoms with Gasteiger partial charge in [-0.2, -0.15) is 0 Å². The van der Waals surface area contributed by atoms with Crippen LogP contribution in [0.2, 0.25) is 0 Å². The summed E-state index contributed by atoms with van der Waals surface area (Å²) in [4.78, 5) is 4.47. The molecule has 0 saturated heterocycles. The molecule has 1 N–H and O–H groups in total. The summed E-state index contributed by atoms with van der Waals surface area (Å²) in [6.07, 6.45) is 0.744. The first kappa shape index (κ1) is 9.23. The minimum absolute atomic E-state index is 0.568. The van der Waals surface area contributed by atoms with Crippen LogP contribution in [0.25, 0.3) is 0 Å². The largest absolute Gasteiger partial charge is 0.251 e. The van der Waals surface area contributed by atoms with Crippen molar-refractivity contribution >= 4 is 0 Å². The Balaban J connectivity index is 2.95. The van der Waals surface area contributed by atoms with E-state index in [2.05, 4.69) is 4.89 Å². The molecule has 0 radical (unpaired) electrons. The van der Waals surface area contributed by atoms with Gasteiger partial charge in [-0.3, -0.25) is 5.26 Å². The molecular weight excluding hydrogens is 152 g/mol. The highest BCUT2D eigenvalue weighted by atomic mass is 17.1. The third kappa shape index (κ3) is 1.65. The molecule has 2 heteroatoms. The molecule has 1 rings (SSSR count). The van der Waals surface area contributed by atoms with E-state index < -0.39 is 5.60 Å². The quantitative estimate of drug-likeness (QED) is 0.552. The van der Waals surface area contributed by atoms with Gasteiger partial charge in [-0.25, -0.2) is 4.89 Å². The Morgan fingerprint density at radius 3 is 2.33 bits per heavy atom. The van der Waals surface area contributed by atoms with Crippen molar-refractivity contribution in [2.75, 3.05) is 0 Å². The second-order valence-corrected chi connectivity index (χ2v) is 3.04. The molecule has 1 aromatic carbocycles. The van der Waals surface area contributed by atoms with Crippen LogP contribution in [0.3, 0.4) is 0 Å². The van der Waals surface area contributed by atoms with E-state index in [4.69, 9.17) is 5.26 Å². The number of benzene rings is 1. The summed E-state index contributed by atoms with van der Waals surface area (Å²) in [6.45, 7) is 3.84. The molecule has 1 aromatic rings. The van der Waals surface area contributed by atoms with Gasteiger partial charge in [0, 0.05) is 0 Å². The lowest BCUT2D eigenvalue weighted by atomic mass is 9.94. The average molecular weight is 166 g/mol. The molecule has 0 aliphatic heterocycles. The minimum Gasteiger partial charge on any atom is -0.251 e. The van der Waals surface area contributed by atoms with Gasteiger partial charge in [0.2, 0.25) is 0 Å². The van der Waals surface area contributed by atoms with Crippen LogP contribution < -0.4 is 0 Å². The lowest BCUT2D eigenvalue weighted by Crippen LogP contribution is -2.23. The van der Waals surface area contributed by atoms with Gasteiger partial charge in [0.1, 0.15) is 5.60 Å². The van der Waals surface area contributed by atoms with Gasteiger partial charge in [-0.15, -0.1) is 0 Å². The summed E-state index contributed by atoms with van der Waals surface area (Å²) >= 11 is 0. The Labute approximate surface area is 72.7 Å². The van der Waals surface area contributed by atoms with E-state index in [0.29, 0.717) is 0 Å². The Hall–Kier alpha value is -0.860. The molecule has 0 heterocycles. The van der Waals surface area contributed by atoms with Crippen molar-refractivity contribution in [1.29, 1.82) is 0 Å². The van der Waals surface area contributed by atoms with E-state index in [1.54, 1.807) is 0 Å². The summed E-state index contributed by atoms with van der Waals surface area (Å²) < 4.78 is 0. The van der Waals surface area contributed by atoms with E-state index in [1.807, 2.05) is 44.2 Å². The summed E-state index contributed by atoms with van der Waals surface area (Å²) in [7, 11) is 0. The normalized spacial score (nSPS) is 15.6. The third-order valence-electron chi connectivity index (χ3n) is 2.26. The van der Waals surface area contributed by atoms with Gasteiger partial charge in [0.25, 0.3) is 0 Å². The van der Waals surface area contributed by atoms with Gasteiger partial charge >= 0.3 is 0 Å². The highest BCUT2D eigenvalue weighted by Crippen LogP contribution is 2.27. The first-order chi connectivity index (χ1) is 5.73. The number of rotatable bonds is 3. The van der Waals surface area contributed by atoms with Crippen molar-refractivity contribution in [3.8, 4) is 0 Å². The van der Waals surface area contributed by atoms with E-state index >= 15 is 0 Å². The predicted molar refractivity (Wildman–Crippen MR) is 47.8 cm³/mol. The molecule has 0 bridgehead atoms. The molecule has 0 aliphatic rings. The highest BCUT2D eigenvalue weighted by Gasteiger charge is 2.25. The molecular formula is C10H14O2. The zero-order chi connectivity index (χ0) is 9.03. The summed E-state index contributed by atoms with van der Waals surface area (Å²) in [5.74, 6) is 0. The highest BCUT2D eigenvalue weighted by molar-refractivity contribution is 5.21. The van der Waals surface area contributed by atoms with E-state index in [0.717, 1.165) is 12.0 Å². The van der Waals surface area contributed by atoms with Crippen LogP contribution >= 0.6 is 0 Å². The maximum absolute atomic E-state index is 8.74. The third-order valence-corrected chi connectivity index (χ3v) is 2.26. The van der Waals surface area contributed by atoms with Crippen LogP contribution in [0.15, 0.2) is 30.3 Å². The summed E-state index contributed by atoms with van der Waals surface area (Å²) in [5, 5.41) is 8.74. The van der Waals surface area contributed by atoms with Crippen molar-refractivity contribution < 1.29 is 10.1 Å². The van der Waals surface area contributed by atoms with Crippen molar-refractivity contribution in [1.82, 2.24) is 0 Å². The van der Waals surface area contributed by atoms with E-state index in [9.17, 15) is 0 Å². The van der Waals surface area contributed by atoms with E-state index in [1.165, 1.54) is 0 Å². The van der Waals surface area contributed by atoms with Crippen LogP contribution in [-0.4, -0.2) is 5.26 Å². The van der Waals surface area contributed by atoms with Crippen LogP contribution in [0.4, 0.5) is 0 Å². The lowest BCUT2D eigenvalue weighted by molar-refractivity contribution is -0.324. The van der Waals surface area contributed by atoms with Crippen LogP contribution in [0, 0.1) is 0 Å². The fourth-order valence-electron chi connectivity index (χ4n) is 1.11. The van der Waals surface area contributed by atoms with Crippen molar-refractivity contribution in [2.45, 2.75) is 25.9 Å². The molecule has 0 amide bonds. The molecule has 0 unspecified atom stereocenters. The topological polar surface area (TPSA) is 29.5 Å². The van der Waals surface area contributed by atoms with Gasteiger partial charge in [-0.1, -0.05) is 37.3 Å². The fourth-order valence-corrected chi connectivity index (χ4v) is 1.11. The smallest absolute Gasteiger partial charge is 0.125 e. The van der Waals surface area contributed by atoms with Crippen molar-refractivity contribution in [2.24, 2.45) is 0 Å². The predicted octanol–water partition coefficient (Wildman–Crippen LogP) is 2.80. The standard InChI is InChI=1S/C10H14O2/c1-3-10(2,12-11)9-7-5-4-6-8-9/h4-8,11H,3H2,1-2H3/t10-/m0/s1. The first-order valence-corrected chi connectivity index (χ1v) is 4.11. The zero-order valence-corrected chi connectivity index (χ0v) is 7.45. The molecule has 1 atom stereocenters. The molecule has 66 valence electrons. The molecule has 0 aliphatic carbocycles. The van der Waals surface area contributed by atoms with E-state index in [-0.39, 0.29) is 0 Å². The second-order valence-electron chi connectivity index (χ2n) is 3.04. The van der Waals surface area contributed by atoms with Gasteiger partial charge in [0.05, 0.1) is 0 Å². The number of hydrogen-bond donors (Lipinski definition) is 1. The Kier molecular flexibility index (Phi) is 2.84. The molecule has 2 nitrogen and oxygen atoms in total. The Morgan fingerprint density at radius 2 is 1.92 bits per heavy atom. The zero-order valence-electron chi connectivity index (χ0n) is 7.45. The molecule has 0 spiro atoms. The van der Waals surface area contributed by atoms with Gasteiger partial charge < -0.3 is 0 Å². The maximum Gasteiger partial charge on any atom is 0.125 e. The van der Waals surface area contributed by atoms with Crippen molar-refractivity contribution in [3.63, 3.8) is 0 Å². The maximum atomic E-state index is 8.74. The minimum atomic E-state index is -0.568. The van der Waals surface area contributed by atoms with Crippen LogP contribution in [0.1, 0.15) is 25.8 Å². The van der Waals surface area contributed by atoms with Gasteiger partial charge in [0.15, 0.2) is 0 Å². The fraction of sp³-hybridized carbons (Fsp3) is 0.400. The molecule has 12 heavy (non-hydrogen) atoms. The lowest BCUT2D eigenvalue weighted by Gasteiger charge is -2.24. The van der Waals surface area contributed by atoms with Crippen molar-refractivity contribution in [3.05, 3.63) is 35.9 Å². The first-order valence-electron chi connectivity index (χ1n) is 4.11. The Morgan fingerprint density at radius 1 is 1.33 bits per heavy atom. The SMILES string of the molecule is CC[C@](C)(OO)c1ccccc1. The molecule has 0 fully saturated rings. The summed E-state index contributed by atoms with van der Waals surface area (Å²) in [6, 6.07) is 9.70. The number of hydrogen-bond acceptors (Lipinski definition) is 2. The Bertz CT molecular complexity index is 227. The molecule has 0 aromatic heterocycles. The van der Waals surface area contributed by atoms with Crippen LogP contribution in [0.5, 0.6) is 0 Å². The van der Waals surface area contributed by atoms with Gasteiger partial charge in [-0.05, 0) is 18.9 Å². The summed E-state index contributed by atoms with van der Waals surface area (Å²) in [5.41, 5.74) is 0.427. The van der Waals surface area contributed by atoms with Crippen LogP contribution in [-0.2, 0) is 10.5 Å². The monoisotopic (exact) mass is 166 g/mol. The second kappa shape index (κ2) is 3.70.